The number of imidazole rings is 1. The fourth-order valence-electron chi connectivity index (χ4n) is 2.23. The molecule has 0 fully saturated rings. The maximum atomic E-state index is 12.8. The number of thioether (sulfide) groups is 1. The molecular formula is C14H11ClF3N5S. The van der Waals surface area contributed by atoms with Crippen molar-refractivity contribution in [2.24, 2.45) is 7.05 Å². The summed E-state index contributed by atoms with van der Waals surface area (Å²) in [6, 6.07) is 2.58. The van der Waals surface area contributed by atoms with Crippen LogP contribution in [0.1, 0.15) is 12.5 Å². The van der Waals surface area contributed by atoms with Crippen LogP contribution in [-0.2, 0) is 13.2 Å². The summed E-state index contributed by atoms with van der Waals surface area (Å²) in [6.45, 7) is 1.96. The van der Waals surface area contributed by atoms with Gasteiger partial charge in [-0.15, -0.1) is 22.0 Å². The number of pyridine rings is 1. The van der Waals surface area contributed by atoms with E-state index in [1.54, 1.807) is 17.7 Å². The zero-order chi connectivity index (χ0) is 17.5. The van der Waals surface area contributed by atoms with E-state index >= 15 is 0 Å². The summed E-state index contributed by atoms with van der Waals surface area (Å²) in [6.07, 6.45) is -3.67. The summed E-state index contributed by atoms with van der Waals surface area (Å²) in [5.41, 5.74) is 0.269. The topological polar surface area (TPSA) is 56.5 Å². The molecular weight excluding hydrogens is 363 g/mol. The second-order valence-electron chi connectivity index (χ2n) is 4.88. The van der Waals surface area contributed by atoms with E-state index in [0.717, 1.165) is 18.0 Å². The van der Waals surface area contributed by atoms with Gasteiger partial charge in [0.1, 0.15) is 16.4 Å². The normalized spacial score (nSPS) is 12.1. The van der Waals surface area contributed by atoms with Gasteiger partial charge in [-0.25, -0.2) is 9.97 Å². The largest absolute Gasteiger partial charge is 0.417 e. The van der Waals surface area contributed by atoms with Crippen LogP contribution < -0.4 is 0 Å². The summed E-state index contributed by atoms with van der Waals surface area (Å²) in [4.78, 5) is 8.20. The SMILES string of the molecule is CCSc1nnc(Cl)cc1-c1nc2cc(C(F)(F)F)cnc2n1C. The van der Waals surface area contributed by atoms with Crippen molar-refractivity contribution in [3.8, 4) is 11.4 Å². The lowest BCUT2D eigenvalue weighted by Crippen LogP contribution is -2.05. The van der Waals surface area contributed by atoms with Crippen LogP contribution in [0.15, 0.2) is 23.4 Å². The van der Waals surface area contributed by atoms with Gasteiger partial charge in [0.05, 0.1) is 11.1 Å². The molecule has 0 aliphatic rings. The molecule has 126 valence electrons. The van der Waals surface area contributed by atoms with E-state index in [1.165, 1.54) is 11.8 Å². The molecule has 0 aliphatic carbocycles. The number of fused-ring (bicyclic) bond motifs is 1. The molecule has 10 heteroatoms. The Hall–Kier alpha value is -1.87. The van der Waals surface area contributed by atoms with E-state index in [9.17, 15) is 13.2 Å². The molecule has 0 radical (unpaired) electrons. The van der Waals surface area contributed by atoms with Crippen LogP contribution in [0, 0.1) is 0 Å². The van der Waals surface area contributed by atoms with Crippen LogP contribution in [0.5, 0.6) is 0 Å². The average molecular weight is 374 g/mol. The Bertz CT molecular complexity index is 909. The Kier molecular flexibility index (Phi) is 4.39. The van der Waals surface area contributed by atoms with Gasteiger partial charge in [-0.05, 0) is 17.9 Å². The van der Waals surface area contributed by atoms with Gasteiger partial charge in [0.15, 0.2) is 10.8 Å². The molecule has 0 unspecified atom stereocenters. The number of rotatable bonds is 3. The molecule has 3 aromatic heterocycles. The predicted octanol–water partition coefficient (Wildman–Crippen LogP) is 4.21. The first kappa shape index (κ1) is 17.0. The van der Waals surface area contributed by atoms with E-state index in [4.69, 9.17) is 11.6 Å². The summed E-state index contributed by atoms with van der Waals surface area (Å²) in [7, 11) is 1.68. The smallest absolute Gasteiger partial charge is 0.312 e. The van der Waals surface area contributed by atoms with Crippen molar-refractivity contribution in [1.82, 2.24) is 24.7 Å². The summed E-state index contributed by atoms with van der Waals surface area (Å²) in [5.74, 6) is 1.19. The number of nitrogens with zero attached hydrogens (tertiary/aromatic N) is 5. The van der Waals surface area contributed by atoms with Crippen LogP contribution >= 0.6 is 23.4 Å². The van der Waals surface area contributed by atoms with Gasteiger partial charge in [-0.2, -0.15) is 13.2 Å². The third-order valence-corrected chi connectivity index (χ3v) is 4.34. The molecule has 0 spiro atoms. The fraction of sp³-hybridized carbons (Fsp3) is 0.286. The number of halogens is 4. The lowest BCUT2D eigenvalue weighted by molar-refractivity contribution is -0.137. The zero-order valence-electron chi connectivity index (χ0n) is 12.6. The molecule has 0 N–H and O–H groups in total. The summed E-state index contributed by atoms with van der Waals surface area (Å²) >= 11 is 7.36. The fourth-order valence-corrected chi connectivity index (χ4v) is 3.06. The van der Waals surface area contributed by atoms with Crippen LogP contribution in [-0.4, -0.2) is 30.5 Å². The van der Waals surface area contributed by atoms with Gasteiger partial charge < -0.3 is 4.57 Å². The molecule has 0 atom stereocenters. The van der Waals surface area contributed by atoms with E-state index in [-0.39, 0.29) is 10.7 Å². The number of alkyl halides is 3. The Morgan fingerprint density at radius 3 is 2.67 bits per heavy atom. The van der Waals surface area contributed by atoms with E-state index in [2.05, 4.69) is 20.2 Å². The molecule has 0 amide bonds. The molecule has 3 aromatic rings. The lowest BCUT2D eigenvalue weighted by atomic mass is 10.2. The molecule has 24 heavy (non-hydrogen) atoms. The minimum atomic E-state index is -4.47. The first-order valence-corrected chi connectivity index (χ1v) is 8.23. The molecule has 3 heterocycles. The Balaban J connectivity index is 2.21. The molecule has 0 saturated heterocycles. The Labute approximate surface area is 144 Å². The molecule has 0 aromatic carbocycles. The van der Waals surface area contributed by atoms with Crippen molar-refractivity contribution < 1.29 is 13.2 Å². The molecule has 0 saturated carbocycles. The van der Waals surface area contributed by atoms with Crippen molar-refractivity contribution in [1.29, 1.82) is 0 Å². The highest BCUT2D eigenvalue weighted by Crippen LogP contribution is 2.34. The van der Waals surface area contributed by atoms with Crippen LogP contribution in [0.4, 0.5) is 13.2 Å². The van der Waals surface area contributed by atoms with Gasteiger partial charge >= 0.3 is 6.18 Å². The highest BCUT2D eigenvalue weighted by Gasteiger charge is 2.32. The molecule has 0 bridgehead atoms. The quantitative estimate of drug-likeness (QED) is 0.644. The molecule has 0 aliphatic heterocycles. The number of aryl methyl sites for hydroxylation is 1. The molecule has 5 nitrogen and oxygen atoms in total. The number of hydrogen-bond acceptors (Lipinski definition) is 5. The van der Waals surface area contributed by atoms with Crippen molar-refractivity contribution in [2.45, 2.75) is 18.1 Å². The third-order valence-electron chi connectivity index (χ3n) is 3.29. The summed E-state index contributed by atoms with van der Waals surface area (Å²) < 4.78 is 40.2. The highest BCUT2D eigenvalue weighted by atomic mass is 35.5. The van der Waals surface area contributed by atoms with Gasteiger partial charge in [0.25, 0.3) is 0 Å². The van der Waals surface area contributed by atoms with Gasteiger partial charge in [0, 0.05) is 13.2 Å². The molecule has 3 rings (SSSR count). The van der Waals surface area contributed by atoms with Gasteiger partial charge in [-0.3, -0.25) is 0 Å². The van der Waals surface area contributed by atoms with E-state index in [0.29, 0.717) is 22.1 Å². The lowest BCUT2D eigenvalue weighted by Gasteiger charge is -2.07. The van der Waals surface area contributed by atoms with Crippen LogP contribution in [0.2, 0.25) is 5.15 Å². The third kappa shape index (κ3) is 3.05. The zero-order valence-corrected chi connectivity index (χ0v) is 14.2. The Morgan fingerprint density at radius 1 is 1.25 bits per heavy atom. The first-order chi connectivity index (χ1) is 11.3. The maximum Gasteiger partial charge on any atom is 0.417 e. The van der Waals surface area contributed by atoms with Crippen molar-refractivity contribution in [2.75, 3.05) is 5.75 Å². The van der Waals surface area contributed by atoms with E-state index < -0.39 is 11.7 Å². The Morgan fingerprint density at radius 2 is 2.00 bits per heavy atom. The van der Waals surface area contributed by atoms with Crippen molar-refractivity contribution in [3.63, 3.8) is 0 Å². The van der Waals surface area contributed by atoms with Gasteiger partial charge in [-0.1, -0.05) is 18.5 Å². The van der Waals surface area contributed by atoms with Gasteiger partial charge in [0.2, 0.25) is 0 Å². The predicted molar refractivity (Wildman–Crippen MR) is 85.9 cm³/mol. The second-order valence-corrected chi connectivity index (χ2v) is 6.52. The number of hydrogen-bond donors (Lipinski definition) is 0. The maximum absolute atomic E-state index is 12.8. The first-order valence-electron chi connectivity index (χ1n) is 6.87. The standard InChI is InChI=1S/C14H11ClF3N5S/c1-3-24-13-8(5-10(15)21-22-13)11-20-9-4-7(14(16,17)18)6-19-12(9)23(11)2/h4-6H,3H2,1-2H3. The monoisotopic (exact) mass is 373 g/mol. The van der Waals surface area contributed by atoms with Crippen LogP contribution in [0.25, 0.3) is 22.6 Å². The minimum Gasteiger partial charge on any atom is -0.312 e. The average Bonchev–Trinajstić information content (AvgIpc) is 2.85. The van der Waals surface area contributed by atoms with Crippen LogP contribution in [0.3, 0.4) is 0 Å². The highest BCUT2D eigenvalue weighted by molar-refractivity contribution is 7.99. The van der Waals surface area contributed by atoms with Crippen molar-refractivity contribution >= 4 is 34.5 Å². The number of aromatic nitrogens is 5. The second kappa shape index (κ2) is 6.21. The summed E-state index contributed by atoms with van der Waals surface area (Å²) in [5, 5.41) is 8.64. The minimum absolute atomic E-state index is 0.155. The van der Waals surface area contributed by atoms with E-state index in [1.807, 2.05) is 6.92 Å². The van der Waals surface area contributed by atoms with Crippen molar-refractivity contribution in [3.05, 3.63) is 29.0 Å².